The van der Waals surface area contributed by atoms with Gasteiger partial charge >= 0.3 is 24.3 Å². The number of carbonyl (C=O) groups excluding carboxylic acids is 2. The van der Waals surface area contributed by atoms with Crippen LogP contribution in [-0.2, 0) is 17.1 Å². The van der Waals surface area contributed by atoms with E-state index in [0.717, 1.165) is 14.2 Å². The van der Waals surface area contributed by atoms with E-state index in [1.165, 1.54) is 0 Å². The molecule has 4 heterocycles. The molecule has 0 aliphatic heterocycles. The number of aromatic nitrogens is 4. The van der Waals surface area contributed by atoms with Gasteiger partial charge in [-0.3, -0.25) is 0 Å². The van der Waals surface area contributed by atoms with Gasteiger partial charge in [-0.05, 0) is 0 Å². The number of carbonyl (C=O) groups is 2. The number of imidazole rings is 2. The first kappa shape index (κ1) is 36.7. The van der Waals surface area contributed by atoms with Crippen LogP contribution in [0.3, 0.4) is 0 Å². The summed E-state index contributed by atoms with van der Waals surface area (Å²) >= 11 is 35.3. The van der Waals surface area contributed by atoms with Crippen molar-refractivity contribution < 1.29 is 54.9 Å². The maximum Gasteiger partial charge on any atom is 0.422 e. The lowest BCUT2D eigenvalue weighted by Gasteiger charge is -2.07. The number of hydrogen-bond donors (Lipinski definition) is 2. The Balaban J connectivity index is 0.000000240. The first-order valence-corrected chi connectivity index (χ1v) is 14.7. The Hall–Kier alpha value is -1.80. The molecule has 10 nitrogen and oxygen atoms in total. The Morgan fingerprint density at radius 1 is 0.682 bits per heavy atom. The summed E-state index contributed by atoms with van der Waals surface area (Å²) in [6.45, 7) is -3.07. The van der Waals surface area contributed by atoms with Gasteiger partial charge in [-0.1, -0.05) is 92.3 Å². The van der Waals surface area contributed by atoms with E-state index >= 15 is 0 Å². The standard InChI is InChI=1S/2C10H6Cl3F3N2O3S/c2*1-20-6(19)5-3-4(18-8(17-3)10(11,12)13)7(22-5)21-2-9(14,15)16/h2*2H2,1H3,(H,17,18). The fourth-order valence-electron chi connectivity index (χ4n) is 2.98. The number of nitrogens with one attached hydrogen (secondary N) is 2. The molecule has 44 heavy (non-hydrogen) atoms. The summed E-state index contributed by atoms with van der Waals surface area (Å²) in [6.07, 6.45) is -9.08. The quantitative estimate of drug-likeness (QED) is 0.113. The molecule has 0 aliphatic rings. The zero-order chi connectivity index (χ0) is 33.4. The maximum absolute atomic E-state index is 12.3. The number of rotatable bonds is 6. The number of H-pyrrole nitrogens is 2. The highest BCUT2D eigenvalue weighted by Crippen LogP contribution is 2.44. The molecule has 0 saturated heterocycles. The summed E-state index contributed by atoms with van der Waals surface area (Å²) in [5.41, 5.74) is 0.0673. The van der Waals surface area contributed by atoms with E-state index in [1.807, 2.05) is 0 Å². The van der Waals surface area contributed by atoms with Crippen LogP contribution in [0.15, 0.2) is 0 Å². The number of alkyl halides is 12. The SMILES string of the molecule is COC(=O)c1sc(OCC(F)(F)F)c2[nH]c(C(Cl)(Cl)Cl)nc12.COC(=O)c1sc(OCC(F)(F)F)c2[nH]c(C(Cl)(Cl)Cl)nc12. The highest BCUT2D eigenvalue weighted by atomic mass is 35.6. The topological polar surface area (TPSA) is 128 Å². The minimum absolute atomic E-state index is 0.00958. The van der Waals surface area contributed by atoms with E-state index in [9.17, 15) is 35.9 Å². The Morgan fingerprint density at radius 3 is 1.25 bits per heavy atom. The predicted molar refractivity (Wildman–Crippen MR) is 152 cm³/mol. The lowest BCUT2D eigenvalue weighted by Crippen LogP contribution is -2.18. The molecular formula is C20H12Cl6F6N4O6S2. The Kier molecular flexibility index (Phi) is 11.3. The number of halogens is 12. The van der Waals surface area contributed by atoms with Crippen molar-refractivity contribution in [3.05, 3.63) is 21.4 Å². The first-order chi connectivity index (χ1) is 20.1. The van der Waals surface area contributed by atoms with E-state index in [1.54, 1.807) is 0 Å². The van der Waals surface area contributed by atoms with E-state index in [0.29, 0.717) is 22.7 Å². The van der Waals surface area contributed by atoms with Crippen molar-refractivity contribution in [2.45, 2.75) is 19.9 Å². The smallest absolute Gasteiger partial charge is 0.422 e. The molecule has 0 amide bonds. The van der Waals surface area contributed by atoms with Crippen LogP contribution < -0.4 is 9.47 Å². The molecule has 4 aromatic rings. The summed E-state index contributed by atoms with van der Waals surface area (Å²) in [5, 5.41) is -0.415. The second kappa shape index (κ2) is 13.5. The van der Waals surface area contributed by atoms with Crippen LogP contribution >= 0.6 is 92.3 Å². The van der Waals surface area contributed by atoms with Crippen molar-refractivity contribution >= 4 is 126 Å². The van der Waals surface area contributed by atoms with Crippen LogP contribution in [0, 0.1) is 0 Å². The van der Waals surface area contributed by atoms with Crippen LogP contribution in [0.25, 0.3) is 22.1 Å². The van der Waals surface area contributed by atoms with Crippen LogP contribution in [0.5, 0.6) is 10.1 Å². The van der Waals surface area contributed by atoms with E-state index in [2.05, 4.69) is 38.9 Å². The number of aromatic amines is 2. The first-order valence-electron chi connectivity index (χ1n) is 10.8. The molecule has 0 bridgehead atoms. The number of ether oxygens (including phenoxy) is 4. The van der Waals surface area contributed by atoms with Crippen molar-refractivity contribution in [3.63, 3.8) is 0 Å². The van der Waals surface area contributed by atoms with E-state index in [4.69, 9.17) is 69.6 Å². The highest BCUT2D eigenvalue weighted by Gasteiger charge is 2.35. The largest absolute Gasteiger partial charge is 0.473 e. The van der Waals surface area contributed by atoms with Crippen LogP contribution in [0.2, 0.25) is 0 Å². The predicted octanol–water partition coefficient (Wildman–Crippen LogP) is 8.36. The van der Waals surface area contributed by atoms with Crippen molar-refractivity contribution in [1.29, 1.82) is 0 Å². The molecule has 0 atom stereocenters. The molecular weight excluding hydrogens is 783 g/mol. The second-order valence-electron chi connectivity index (χ2n) is 7.84. The van der Waals surface area contributed by atoms with Gasteiger partial charge in [0.25, 0.3) is 0 Å². The van der Waals surface area contributed by atoms with Crippen LogP contribution in [-0.4, -0.2) is 71.7 Å². The molecule has 244 valence electrons. The van der Waals surface area contributed by atoms with Crippen LogP contribution in [0.1, 0.15) is 31.0 Å². The molecule has 4 rings (SSSR count). The summed E-state index contributed by atoms with van der Waals surface area (Å²) < 4.78 is 88.1. The van der Waals surface area contributed by atoms with Crippen molar-refractivity contribution in [1.82, 2.24) is 19.9 Å². The highest BCUT2D eigenvalue weighted by molar-refractivity contribution is 7.18. The van der Waals surface area contributed by atoms with Gasteiger partial charge in [-0.2, -0.15) is 26.3 Å². The molecule has 0 aliphatic carbocycles. The molecule has 0 radical (unpaired) electrons. The molecule has 2 N–H and O–H groups in total. The summed E-state index contributed by atoms with van der Waals surface area (Å²) in [5.74, 6) is -1.90. The third-order valence-corrected chi connectivity index (χ3v) is 7.87. The van der Waals surface area contributed by atoms with Gasteiger partial charge in [0.05, 0.1) is 14.2 Å². The lowest BCUT2D eigenvalue weighted by atomic mass is 10.4. The monoisotopic (exact) mass is 792 g/mol. The number of methoxy groups -OCH3 is 2. The second-order valence-corrected chi connectivity index (χ2v) is 14.4. The number of fused-ring (bicyclic) bond motifs is 2. The van der Waals surface area contributed by atoms with E-state index < -0.39 is 45.1 Å². The van der Waals surface area contributed by atoms with E-state index in [-0.39, 0.29) is 53.6 Å². The summed E-state index contributed by atoms with van der Waals surface area (Å²) in [6, 6.07) is 0. The Morgan fingerprint density at radius 2 is 1.00 bits per heavy atom. The van der Waals surface area contributed by atoms with Gasteiger partial charge in [0.2, 0.25) is 17.7 Å². The average molecular weight is 795 g/mol. The fraction of sp³-hybridized carbons (Fsp3) is 0.400. The number of thiophene rings is 2. The number of nitrogens with zero attached hydrogens (tertiary/aromatic N) is 2. The van der Waals surface area contributed by atoms with Crippen molar-refractivity contribution in [2.24, 2.45) is 0 Å². The van der Waals surface area contributed by atoms with Gasteiger partial charge in [0.1, 0.15) is 31.8 Å². The zero-order valence-electron chi connectivity index (χ0n) is 21.1. The average Bonchev–Trinajstić information content (AvgIpc) is 3.64. The minimum atomic E-state index is -4.54. The molecule has 24 heteroatoms. The molecule has 0 unspecified atom stereocenters. The molecule has 0 spiro atoms. The molecule has 0 saturated carbocycles. The third-order valence-electron chi connectivity index (χ3n) is 4.65. The third kappa shape index (κ3) is 9.14. The van der Waals surface area contributed by atoms with Gasteiger partial charge in [0.15, 0.2) is 24.9 Å². The summed E-state index contributed by atoms with van der Waals surface area (Å²) in [4.78, 5) is 36.1. The van der Waals surface area contributed by atoms with Gasteiger partial charge < -0.3 is 28.9 Å². The van der Waals surface area contributed by atoms with Gasteiger partial charge in [-0.25, -0.2) is 19.6 Å². The molecule has 4 aromatic heterocycles. The van der Waals surface area contributed by atoms with Gasteiger partial charge in [0, 0.05) is 0 Å². The Labute approximate surface area is 278 Å². The molecule has 0 fully saturated rings. The zero-order valence-corrected chi connectivity index (χ0v) is 27.3. The molecule has 0 aromatic carbocycles. The minimum Gasteiger partial charge on any atom is -0.473 e. The van der Waals surface area contributed by atoms with Crippen molar-refractivity contribution in [2.75, 3.05) is 27.4 Å². The normalized spacial score (nSPS) is 12.7. The lowest BCUT2D eigenvalue weighted by molar-refractivity contribution is -0.153. The fourth-order valence-corrected chi connectivity index (χ4v) is 5.45. The van der Waals surface area contributed by atoms with Gasteiger partial charge in [-0.15, -0.1) is 0 Å². The Bertz CT molecular complexity index is 1540. The van der Waals surface area contributed by atoms with Crippen LogP contribution in [0.4, 0.5) is 26.3 Å². The number of hydrogen-bond acceptors (Lipinski definition) is 10. The number of esters is 2. The van der Waals surface area contributed by atoms with Crippen molar-refractivity contribution in [3.8, 4) is 10.1 Å². The maximum atomic E-state index is 12.3. The summed E-state index contributed by atoms with van der Waals surface area (Å²) in [7, 11) is 2.24.